The summed E-state index contributed by atoms with van der Waals surface area (Å²) in [5, 5.41) is 18.0. The van der Waals surface area contributed by atoms with Crippen LogP contribution in [0, 0.1) is 19.7 Å². The molecule has 2 amide bonds. The number of benzene rings is 3. The Bertz CT molecular complexity index is 1410. The highest BCUT2D eigenvalue weighted by Gasteiger charge is 2.38. The predicted octanol–water partition coefficient (Wildman–Crippen LogP) is 6.27. The number of carbonyl (C=O) groups is 2. The summed E-state index contributed by atoms with van der Waals surface area (Å²) in [5.74, 6) is -3.23. The van der Waals surface area contributed by atoms with Crippen LogP contribution in [0.15, 0.2) is 60.7 Å². The van der Waals surface area contributed by atoms with Gasteiger partial charge in [-0.2, -0.15) is 18.3 Å². The average molecular weight is 502 g/mol. The highest BCUT2D eigenvalue weighted by atomic mass is 19.4. The van der Waals surface area contributed by atoms with Crippen LogP contribution < -0.4 is 10.6 Å². The number of halogens is 4. The lowest BCUT2D eigenvalue weighted by atomic mass is 10.00. The number of aliphatic carboxylic acids is 1. The van der Waals surface area contributed by atoms with E-state index in [0.717, 1.165) is 33.3 Å². The predicted molar refractivity (Wildman–Crippen MR) is 128 cm³/mol. The van der Waals surface area contributed by atoms with Crippen molar-refractivity contribution in [3.8, 4) is 11.1 Å². The molecule has 36 heavy (non-hydrogen) atoms. The second-order valence-electron chi connectivity index (χ2n) is 7.85. The van der Waals surface area contributed by atoms with Crippen molar-refractivity contribution in [3.05, 3.63) is 77.7 Å². The summed E-state index contributed by atoms with van der Waals surface area (Å²) in [4.78, 5) is 21.1. The number of hydrogen-bond donors (Lipinski definition) is 3. The van der Waals surface area contributed by atoms with Crippen LogP contribution >= 0.6 is 0 Å². The molecule has 188 valence electrons. The van der Waals surface area contributed by atoms with Crippen molar-refractivity contribution in [1.82, 2.24) is 9.78 Å². The Balaban J connectivity index is 0.000000454. The number of carboxylic acids is 1. The summed E-state index contributed by atoms with van der Waals surface area (Å²) in [6.07, 6.45) is -5.08. The molecular formula is C25H22F4N4O3. The van der Waals surface area contributed by atoms with E-state index in [1.807, 2.05) is 62.0 Å². The van der Waals surface area contributed by atoms with Crippen LogP contribution in [0.1, 0.15) is 11.3 Å². The van der Waals surface area contributed by atoms with Crippen LogP contribution in [0.5, 0.6) is 0 Å². The number of fused-ring (bicyclic) bond motifs is 1. The van der Waals surface area contributed by atoms with Gasteiger partial charge < -0.3 is 15.7 Å². The molecule has 0 aliphatic carbocycles. The van der Waals surface area contributed by atoms with Crippen molar-refractivity contribution in [1.29, 1.82) is 0 Å². The van der Waals surface area contributed by atoms with Gasteiger partial charge in [-0.25, -0.2) is 14.0 Å². The van der Waals surface area contributed by atoms with Gasteiger partial charge in [-0.05, 0) is 60.9 Å². The Morgan fingerprint density at radius 3 is 2.22 bits per heavy atom. The zero-order chi connectivity index (χ0) is 26.6. The lowest BCUT2D eigenvalue weighted by Gasteiger charge is -2.10. The highest BCUT2D eigenvalue weighted by Crippen LogP contribution is 2.31. The quantitative estimate of drug-likeness (QED) is 0.288. The van der Waals surface area contributed by atoms with Crippen LogP contribution in [0.2, 0.25) is 0 Å². The van der Waals surface area contributed by atoms with Gasteiger partial charge in [-0.1, -0.05) is 30.3 Å². The third-order valence-electron chi connectivity index (χ3n) is 5.12. The number of alkyl halides is 3. The largest absolute Gasteiger partial charge is 0.490 e. The first-order valence-corrected chi connectivity index (χ1v) is 10.5. The van der Waals surface area contributed by atoms with Crippen molar-refractivity contribution in [2.24, 2.45) is 7.05 Å². The number of nitrogens with zero attached hydrogens (tertiary/aromatic N) is 2. The van der Waals surface area contributed by atoms with Crippen molar-refractivity contribution in [2.75, 3.05) is 10.6 Å². The van der Waals surface area contributed by atoms with E-state index in [4.69, 9.17) is 9.90 Å². The molecule has 4 rings (SSSR count). The van der Waals surface area contributed by atoms with E-state index in [1.54, 1.807) is 12.1 Å². The molecule has 0 saturated carbocycles. The van der Waals surface area contributed by atoms with Gasteiger partial charge in [0.1, 0.15) is 5.82 Å². The van der Waals surface area contributed by atoms with Crippen molar-refractivity contribution in [3.63, 3.8) is 0 Å². The number of nitrogens with one attached hydrogen (secondary N) is 2. The zero-order valence-corrected chi connectivity index (χ0v) is 19.4. The number of hydrogen-bond acceptors (Lipinski definition) is 3. The van der Waals surface area contributed by atoms with Gasteiger partial charge in [0.2, 0.25) is 0 Å². The van der Waals surface area contributed by atoms with E-state index < -0.39 is 24.0 Å². The highest BCUT2D eigenvalue weighted by molar-refractivity contribution is 6.00. The maximum Gasteiger partial charge on any atom is 0.490 e. The van der Waals surface area contributed by atoms with Gasteiger partial charge in [0, 0.05) is 18.1 Å². The fraction of sp³-hybridized carbons (Fsp3) is 0.160. The standard InChI is InChI=1S/C23H21FN4O.C2HF3O2/c1-14-7-12-19(24)20(13-14)26-23(29)25-17-10-8-16(9-11-17)18-5-4-6-21-22(18)15(2)27-28(21)3;3-2(4,5)1(6)7/h4-13H,1-3H3,(H2,25,26,29);(H,6,7). The van der Waals surface area contributed by atoms with Crippen LogP contribution in [-0.4, -0.2) is 33.1 Å². The van der Waals surface area contributed by atoms with E-state index in [0.29, 0.717) is 5.69 Å². The van der Waals surface area contributed by atoms with E-state index in [1.165, 1.54) is 6.07 Å². The number of carboxylic acid groups (broad SMARTS) is 1. The molecule has 0 aliphatic heterocycles. The molecule has 0 fully saturated rings. The van der Waals surface area contributed by atoms with Gasteiger partial charge in [0.25, 0.3) is 0 Å². The number of amides is 2. The molecule has 4 aromatic rings. The molecule has 0 bridgehead atoms. The molecule has 1 heterocycles. The minimum absolute atomic E-state index is 0.151. The molecule has 0 radical (unpaired) electrons. The summed E-state index contributed by atoms with van der Waals surface area (Å²) in [5.41, 5.74) is 5.80. The lowest BCUT2D eigenvalue weighted by molar-refractivity contribution is -0.192. The Kier molecular flexibility index (Phi) is 7.62. The normalized spacial score (nSPS) is 11.0. The molecule has 0 aliphatic rings. The monoisotopic (exact) mass is 502 g/mol. The molecule has 7 nitrogen and oxygen atoms in total. The third-order valence-corrected chi connectivity index (χ3v) is 5.12. The lowest BCUT2D eigenvalue weighted by Crippen LogP contribution is -2.21. The van der Waals surface area contributed by atoms with E-state index in [9.17, 15) is 22.4 Å². The fourth-order valence-electron chi connectivity index (χ4n) is 3.51. The Morgan fingerprint density at radius 1 is 0.972 bits per heavy atom. The number of urea groups is 1. The zero-order valence-electron chi connectivity index (χ0n) is 19.4. The Labute approximate surface area is 203 Å². The van der Waals surface area contributed by atoms with Gasteiger partial charge in [-0.15, -0.1) is 0 Å². The maximum absolute atomic E-state index is 13.8. The molecule has 0 spiro atoms. The van der Waals surface area contributed by atoms with E-state index >= 15 is 0 Å². The van der Waals surface area contributed by atoms with E-state index in [-0.39, 0.29) is 5.69 Å². The number of anilines is 2. The first kappa shape index (κ1) is 26.2. The number of aromatic nitrogens is 2. The molecule has 0 unspecified atom stereocenters. The van der Waals surface area contributed by atoms with Crippen LogP contribution in [-0.2, 0) is 11.8 Å². The summed E-state index contributed by atoms with van der Waals surface area (Å²) >= 11 is 0. The summed E-state index contributed by atoms with van der Waals surface area (Å²) in [6, 6.07) is 17.8. The summed E-state index contributed by atoms with van der Waals surface area (Å²) in [7, 11) is 1.93. The van der Waals surface area contributed by atoms with Crippen LogP contribution in [0.25, 0.3) is 22.0 Å². The van der Waals surface area contributed by atoms with Gasteiger partial charge in [0.05, 0.1) is 16.9 Å². The van der Waals surface area contributed by atoms with E-state index in [2.05, 4.69) is 21.8 Å². The van der Waals surface area contributed by atoms with Crippen LogP contribution in [0.4, 0.5) is 33.7 Å². The number of rotatable bonds is 3. The topological polar surface area (TPSA) is 96.3 Å². The molecule has 0 saturated heterocycles. The van der Waals surface area contributed by atoms with Gasteiger partial charge in [0.15, 0.2) is 0 Å². The second-order valence-corrected chi connectivity index (χ2v) is 7.85. The maximum atomic E-state index is 13.8. The van der Waals surface area contributed by atoms with Crippen molar-refractivity contribution in [2.45, 2.75) is 20.0 Å². The van der Waals surface area contributed by atoms with Crippen LogP contribution in [0.3, 0.4) is 0 Å². The minimum Gasteiger partial charge on any atom is -0.475 e. The molecule has 11 heteroatoms. The SMILES string of the molecule is Cc1ccc(F)c(NC(=O)Nc2ccc(-c3cccc4c3c(C)nn4C)cc2)c1.O=C(O)C(F)(F)F. The smallest absolute Gasteiger partial charge is 0.475 e. The number of carbonyl (C=O) groups excluding carboxylic acids is 1. The summed E-state index contributed by atoms with van der Waals surface area (Å²) < 4.78 is 47.4. The first-order valence-electron chi connectivity index (χ1n) is 10.5. The number of aryl methyl sites for hydroxylation is 3. The van der Waals surface area contributed by atoms with Gasteiger partial charge >= 0.3 is 18.2 Å². The molecule has 3 N–H and O–H groups in total. The second kappa shape index (κ2) is 10.5. The van der Waals surface area contributed by atoms with Crippen molar-refractivity contribution >= 4 is 34.3 Å². The Hall–Kier alpha value is -4.41. The fourth-order valence-corrected chi connectivity index (χ4v) is 3.51. The molecule has 3 aromatic carbocycles. The average Bonchev–Trinajstić information content (AvgIpc) is 3.10. The minimum atomic E-state index is -5.08. The van der Waals surface area contributed by atoms with Crippen molar-refractivity contribution < 1.29 is 32.3 Å². The molecular weight excluding hydrogens is 480 g/mol. The third kappa shape index (κ3) is 6.17. The molecule has 1 aromatic heterocycles. The Morgan fingerprint density at radius 2 is 1.61 bits per heavy atom. The summed E-state index contributed by atoms with van der Waals surface area (Å²) in [6.45, 7) is 3.84. The first-order chi connectivity index (χ1) is 16.9. The molecule has 0 atom stereocenters. The van der Waals surface area contributed by atoms with Gasteiger partial charge in [-0.3, -0.25) is 4.68 Å².